The fourth-order valence-corrected chi connectivity index (χ4v) is 10.7. The molecule has 0 fully saturated rings. The topological polar surface area (TPSA) is 193 Å². The minimum absolute atomic E-state index is 0. The average Bonchev–Trinajstić information content (AvgIpc) is 4.05. The Bertz CT molecular complexity index is 2870. The number of carbonyl (C=O) groups excluding carboxylic acids is 4. The normalized spacial score (nSPS) is 13.4. The lowest BCUT2D eigenvalue weighted by atomic mass is 10.0. The number of aryl methyl sites for hydroxylation is 2. The number of benzene rings is 2. The molecule has 8 rings (SSSR count). The van der Waals surface area contributed by atoms with Crippen LogP contribution < -0.4 is 21.3 Å². The number of carbonyl (C=O) groups is 4. The van der Waals surface area contributed by atoms with E-state index in [0.717, 1.165) is 73.8 Å². The molecular formula is C52H70Cl2N8O8S2. The van der Waals surface area contributed by atoms with Gasteiger partial charge in [-0.15, -0.1) is 47.5 Å². The molecule has 0 saturated carbocycles. The molecule has 0 aliphatic carbocycles. The van der Waals surface area contributed by atoms with Crippen LogP contribution in [0.1, 0.15) is 114 Å². The molecule has 2 aromatic carbocycles. The van der Waals surface area contributed by atoms with E-state index in [-0.39, 0.29) is 61.7 Å². The number of hydrogen-bond donors (Lipinski definition) is 4. The van der Waals surface area contributed by atoms with Crippen molar-refractivity contribution in [1.29, 1.82) is 0 Å². The van der Waals surface area contributed by atoms with E-state index < -0.39 is 17.3 Å². The van der Waals surface area contributed by atoms with Crippen LogP contribution in [0.15, 0.2) is 45.2 Å². The van der Waals surface area contributed by atoms with Gasteiger partial charge in [0.25, 0.3) is 0 Å². The highest BCUT2D eigenvalue weighted by molar-refractivity contribution is 7.17. The molecule has 0 saturated heterocycles. The Hall–Kier alpha value is -5.24. The summed E-state index contributed by atoms with van der Waals surface area (Å²) in [4.78, 5) is 66.3. The zero-order chi connectivity index (χ0) is 50.7. The maximum absolute atomic E-state index is 13.3. The summed E-state index contributed by atoms with van der Waals surface area (Å²) in [6, 6.07) is 11.9. The summed E-state index contributed by atoms with van der Waals surface area (Å²) in [5.74, 6) is 0.781. The molecule has 0 spiro atoms. The molecule has 6 aromatic rings. The predicted octanol–water partition coefficient (Wildman–Crippen LogP) is 11.8. The highest BCUT2D eigenvalue weighted by atomic mass is 35.5. The Morgan fingerprint density at radius 1 is 0.764 bits per heavy atom. The Morgan fingerprint density at radius 3 is 1.81 bits per heavy atom. The summed E-state index contributed by atoms with van der Waals surface area (Å²) in [7, 11) is 0. The van der Waals surface area contributed by atoms with Crippen molar-refractivity contribution in [2.45, 2.75) is 145 Å². The van der Waals surface area contributed by atoms with Crippen molar-refractivity contribution in [2.24, 2.45) is 0 Å². The zero-order valence-corrected chi connectivity index (χ0v) is 46.6. The Morgan fingerprint density at radius 2 is 1.29 bits per heavy atom. The number of anilines is 2. The van der Waals surface area contributed by atoms with Gasteiger partial charge in [-0.2, -0.15) is 0 Å². The average molecular weight is 1070 g/mol. The quantitative estimate of drug-likeness (QED) is 0.0907. The van der Waals surface area contributed by atoms with Crippen LogP contribution in [0.2, 0.25) is 0 Å². The van der Waals surface area contributed by atoms with Gasteiger partial charge in [-0.3, -0.25) is 9.59 Å². The SMILES string of the molecule is Cc1cccc2oc(-c3c(NC(=O)CCN(C(=O)OC(C)(C)C)C(C)C)sc4c3CCN(C(=O)OC(C)(C)C)C4)nc12.Cc1cccc2oc(-c3c(NC(=O)CCNC(C)C)sc4c3CCNC4)nc12.Cl.Cl. The first-order valence-electron chi connectivity index (χ1n) is 24.1. The second-order valence-electron chi connectivity index (χ2n) is 20.3. The molecule has 4 N–H and O–H groups in total. The van der Waals surface area contributed by atoms with Crippen LogP contribution in [0.5, 0.6) is 0 Å². The summed E-state index contributed by atoms with van der Waals surface area (Å²) in [5.41, 5.74) is 7.84. The number of para-hydroxylation sites is 2. The molecule has 2 aliphatic rings. The highest BCUT2D eigenvalue weighted by Gasteiger charge is 2.33. The molecule has 0 bridgehead atoms. The number of amides is 4. The molecule has 2 aliphatic heterocycles. The van der Waals surface area contributed by atoms with E-state index in [2.05, 4.69) is 35.1 Å². The van der Waals surface area contributed by atoms with E-state index in [4.69, 9.17) is 28.3 Å². The number of rotatable bonds is 12. The lowest BCUT2D eigenvalue weighted by molar-refractivity contribution is -0.117. The molecule has 392 valence electrons. The van der Waals surface area contributed by atoms with E-state index in [9.17, 15) is 19.2 Å². The Labute approximate surface area is 442 Å². The second-order valence-corrected chi connectivity index (χ2v) is 22.6. The van der Waals surface area contributed by atoms with Gasteiger partial charge in [0.15, 0.2) is 11.2 Å². The van der Waals surface area contributed by atoms with Crippen LogP contribution in [-0.4, -0.2) is 93.2 Å². The van der Waals surface area contributed by atoms with E-state index in [1.165, 1.54) is 21.8 Å². The van der Waals surface area contributed by atoms with E-state index in [0.29, 0.717) is 60.9 Å². The van der Waals surface area contributed by atoms with E-state index in [1.807, 2.05) is 106 Å². The number of fused-ring (bicyclic) bond motifs is 4. The third-order valence-electron chi connectivity index (χ3n) is 11.5. The van der Waals surface area contributed by atoms with Crippen molar-refractivity contribution in [2.75, 3.05) is 36.8 Å². The van der Waals surface area contributed by atoms with Crippen molar-refractivity contribution in [3.63, 3.8) is 0 Å². The molecule has 0 atom stereocenters. The minimum atomic E-state index is -0.636. The number of nitrogens with one attached hydrogen (secondary N) is 4. The number of thiophene rings is 2. The first kappa shape index (κ1) is 57.7. The molecule has 0 radical (unpaired) electrons. The van der Waals surface area contributed by atoms with Gasteiger partial charge in [0.05, 0.1) is 17.7 Å². The molecule has 16 nitrogen and oxygen atoms in total. The number of nitrogens with zero attached hydrogens (tertiary/aromatic N) is 4. The maximum atomic E-state index is 13.3. The smallest absolute Gasteiger partial charge is 0.410 e. The standard InChI is InChI=1S/C31H42N4O6S.C21H26N4O2S.2ClH/c1-18(2)35(29(38)41-31(7,8)9)16-14-23(36)32-27-24(26-33-25-19(3)11-10-12-21(25)39-26)20-13-15-34(17-22(20)42-27)28(37)40-30(4,5)6;1-12(2)23-10-8-17(26)24-21-18(14-7-9-22-11-16(14)28-21)20-25-19-13(3)5-4-6-15(19)27-20;;/h10-12,18H,13-17H2,1-9H3,(H,32,36);4-6,12,22-23H,7-11H2,1-3H3,(H,24,26);2*1H. The van der Waals surface area contributed by atoms with Crippen molar-refractivity contribution in [3.8, 4) is 22.9 Å². The van der Waals surface area contributed by atoms with Gasteiger partial charge in [-0.1, -0.05) is 38.1 Å². The molecule has 20 heteroatoms. The van der Waals surface area contributed by atoms with Gasteiger partial charge < -0.3 is 49.4 Å². The van der Waals surface area contributed by atoms with Crippen molar-refractivity contribution < 1.29 is 37.5 Å². The number of ether oxygens (including phenoxy) is 2. The molecule has 72 heavy (non-hydrogen) atoms. The van der Waals surface area contributed by atoms with Crippen molar-refractivity contribution in [1.82, 2.24) is 30.4 Å². The van der Waals surface area contributed by atoms with Gasteiger partial charge in [-0.05, 0) is 123 Å². The molecule has 6 heterocycles. The van der Waals surface area contributed by atoms with Crippen LogP contribution in [-0.2, 0) is 45.0 Å². The van der Waals surface area contributed by atoms with Crippen LogP contribution in [0.4, 0.5) is 19.6 Å². The fraction of sp³-hybridized carbons (Fsp3) is 0.500. The van der Waals surface area contributed by atoms with E-state index >= 15 is 0 Å². The number of oxazole rings is 2. The number of aromatic nitrogens is 2. The third-order valence-corrected chi connectivity index (χ3v) is 13.8. The Balaban J connectivity index is 0.000000279. The zero-order valence-electron chi connectivity index (χ0n) is 43.4. The second kappa shape index (κ2) is 24.2. The van der Waals surface area contributed by atoms with Crippen LogP contribution in [0.3, 0.4) is 0 Å². The Kier molecular flexibility index (Phi) is 19.4. The van der Waals surface area contributed by atoms with Crippen molar-refractivity contribution in [3.05, 3.63) is 68.4 Å². The maximum Gasteiger partial charge on any atom is 0.410 e. The summed E-state index contributed by atoms with van der Waals surface area (Å²) in [6.07, 6.45) is 1.15. The highest BCUT2D eigenvalue weighted by Crippen LogP contribution is 2.45. The van der Waals surface area contributed by atoms with E-state index in [1.54, 1.807) is 21.1 Å². The summed E-state index contributed by atoms with van der Waals surface area (Å²) >= 11 is 3.03. The summed E-state index contributed by atoms with van der Waals surface area (Å²) < 4.78 is 23.4. The first-order chi connectivity index (χ1) is 33.0. The van der Waals surface area contributed by atoms with Crippen LogP contribution >= 0.6 is 47.5 Å². The molecular weight excluding hydrogens is 1000 g/mol. The number of halogens is 2. The molecule has 0 unspecified atom stereocenters. The molecule has 4 amide bonds. The lowest BCUT2D eigenvalue weighted by Gasteiger charge is -2.30. The minimum Gasteiger partial charge on any atom is -0.444 e. The first-order valence-corrected chi connectivity index (χ1v) is 25.7. The van der Waals surface area contributed by atoms with Crippen LogP contribution in [0.25, 0.3) is 45.1 Å². The summed E-state index contributed by atoms with van der Waals surface area (Å²) in [5, 5.41) is 14.3. The van der Waals surface area contributed by atoms with Gasteiger partial charge in [-0.25, -0.2) is 19.6 Å². The van der Waals surface area contributed by atoms with Gasteiger partial charge in [0, 0.05) is 60.9 Å². The van der Waals surface area contributed by atoms with Crippen molar-refractivity contribution >= 4 is 104 Å². The van der Waals surface area contributed by atoms with Crippen LogP contribution in [0, 0.1) is 13.8 Å². The molecule has 4 aromatic heterocycles. The third kappa shape index (κ3) is 14.3. The van der Waals surface area contributed by atoms with Gasteiger partial charge >= 0.3 is 12.2 Å². The summed E-state index contributed by atoms with van der Waals surface area (Å²) in [6.45, 7) is 26.3. The predicted molar refractivity (Wildman–Crippen MR) is 292 cm³/mol. The lowest BCUT2D eigenvalue weighted by Crippen LogP contribution is -2.42. The largest absolute Gasteiger partial charge is 0.444 e. The van der Waals surface area contributed by atoms with Gasteiger partial charge in [0.2, 0.25) is 23.6 Å². The monoisotopic (exact) mass is 1070 g/mol. The fourth-order valence-electron chi connectivity index (χ4n) is 8.19. The van der Waals surface area contributed by atoms with Gasteiger partial charge in [0.1, 0.15) is 32.2 Å². The number of hydrogen-bond acceptors (Lipinski definition) is 14.